The summed E-state index contributed by atoms with van der Waals surface area (Å²) in [7, 11) is 1.64. The second-order valence-corrected chi connectivity index (χ2v) is 5.67. The molecule has 1 fully saturated rings. The Kier molecular flexibility index (Phi) is 8.57. The minimum Gasteiger partial charge on any atom is -0.497 e. The SMILES string of the molecule is COc1ccc(CCC(=O)N2CCCN(C(=O)CN)CC2)cc1.Cl. The fourth-order valence-corrected chi connectivity index (χ4v) is 2.75. The molecule has 24 heavy (non-hydrogen) atoms. The van der Waals surface area contributed by atoms with Gasteiger partial charge in [0, 0.05) is 32.6 Å². The van der Waals surface area contributed by atoms with Gasteiger partial charge in [-0.3, -0.25) is 9.59 Å². The van der Waals surface area contributed by atoms with Gasteiger partial charge in [0.1, 0.15) is 5.75 Å². The molecule has 1 saturated heterocycles. The predicted octanol–water partition coefficient (Wildman–Crippen LogP) is 1.07. The number of rotatable bonds is 5. The van der Waals surface area contributed by atoms with Crippen molar-refractivity contribution in [3.8, 4) is 5.75 Å². The summed E-state index contributed by atoms with van der Waals surface area (Å²) in [6.07, 6.45) is 2.00. The monoisotopic (exact) mass is 355 g/mol. The standard InChI is InChI=1S/C17H25N3O3.ClH/c1-23-15-6-3-14(4-7-15)5-8-16(21)19-9-2-10-20(12-11-19)17(22)13-18;/h3-4,6-7H,2,5,8-13,18H2,1H3;1H. The van der Waals surface area contributed by atoms with E-state index in [4.69, 9.17) is 10.5 Å². The lowest BCUT2D eigenvalue weighted by atomic mass is 10.1. The average Bonchev–Trinajstić information content (AvgIpc) is 2.85. The van der Waals surface area contributed by atoms with Crippen LogP contribution in [0.2, 0.25) is 0 Å². The normalized spacial score (nSPS) is 14.6. The molecule has 2 N–H and O–H groups in total. The first kappa shape index (κ1) is 20.3. The van der Waals surface area contributed by atoms with Gasteiger partial charge in [-0.15, -0.1) is 12.4 Å². The highest BCUT2D eigenvalue weighted by atomic mass is 35.5. The molecule has 0 atom stereocenters. The number of benzene rings is 1. The molecule has 0 aliphatic carbocycles. The van der Waals surface area contributed by atoms with Gasteiger partial charge < -0.3 is 20.3 Å². The van der Waals surface area contributed by atoms with Crippen LogP contribution in [0.1, 0.15) is 18.4 Å². The van der Waals surface area contributed by atoms with Crippen molar-refractivity contribution in [3.63, 3.8) is 0 Å². The predicted molar refractivity (Wildman–Crippen MR) is 95.4 cm³/mol. The highest BCUT2D eigenvalue weighted by molar-refractivity contribution is 5.85. The number of nitrogens with zero attached hydrogens (tertiary/aromatic N) is 2. The number of amides is 2. The van der Waals surface area contributed by atoms with Gasteiger partial charge in [0.25, 0.3) is 0 Å². The number of ether oxygens (including phenoxy) is 1. The van der Waals surface area contributed by atoms with Gasteiger partial charge in [0.2, 0.25) is 11.8 Å². The largest absolute Gasteiger partial charge is 0.497 e. The zero-order valence-corrected chi connectivity index (χ0v) is 14.9. The number of hydrogen-bond donors (Lipinski definition) is 1. The third-order valence-corrected chi connectivity index (χ3v) is 4.16. The molecule has 1 aliphatic rings. The van der Waals surface area contributed by atoms with Crippen LogP contribution >= 0.6 is 12.4 Å². The van der Waals surface area contributed by atoms with Crippen molar-refractivity contribution in [3.05, 3.63) is 29.8 Å². The molecule has 2 rings (SSSR count). The summed E-state index contributed by atoms with van der Waals surface area (Å²) >= 11 is 0. The molecule has 2 amide bonds. The minimum absolute atomic E-state index is 0. The smallest absolute Gasteiger partial charge is 0.236 e. The molecule has 0 bridgehead atoms. The van der Waals surface area contributed by atoms with E-state index in [1.54, 1.807) is 12.0 Å². The molecule has 0 unspecified atom stereocenters. The number of halogens is 1. The number of nitrogens with two attached hydrogens (primary N) is 1. The van der Waals surface area contributed by atoms with E-state index in [0.29, 0.717) is 39.0 Å². The fraction of sp³-hybridized carbons (Fsp3) is 0.529. The fourth-order valence-electron chi connectivity index (χ4n) is 2.75. The molecule has 0 saturated carbocycles. The third-order valence-electron chi connectivity index (χ3n) is 4.16. The van der Waals surface area contributed by atoms with Gasteiger partial charge in [-0.1, -0.05) is 12.1 Å². The Morgan fingerprint density at radius 3 is 2.17 bits per heavy atom. The molecule has 0 aromatic heterocycles. The van der Waals surface area contributed by atoms with Gasteiger partial charge in [-0.25, -0.2) is 0 Å². The van der Waals surface area contributed by atoms with Gasteiger partial charge in [-0.05, 0) is 30.5 Å². The van der Waals surface area contributed by atoms with E-state index < -0.39 is 0 Å². The lowest BCUT2D eigenvalue weighted by Gasteiger charge is -2.22. The van der Waals surface area contributed by atoms with Crippen molar-refractivity contribution in [2.24, 2.45) is 5.73 Å². The first-order valence-corrected chi connectivity index (χ1v) is 8.02. The Bertz CT molecular complexity index is 536. The number of carbonyl (C=O) groups excluding carboxylic acids is 2. The number of aryl methyl sites for hydroxylation is 1. The third kappa shape index (κ3) is 5.69. The minimum atomic E-state index is -0.0440. The second-order valence-electron chi connectivity index (χ2n) is 5.67. The van der Waals surface area contributed by atoms with Crippen molar-refractivity contribution in [1.29, 1.82) is 0 Å². The first-order valence-electron chi connectivity index (χ1n) is 8.02. The van der Waals surface area contributed by atoms with Crippen molar-refractivity contribution in [2.45, 2.75) is 19.3 Å². The first-order chi connectivity index (χ1) is 11.1. The Labute approximate surface area is 149 Å². The maximum absolute atomic E-state index is 12.4. The number of methoxy groups -OCH3 is 1. The summed E-state index contributed by atoms with van der Waals surface area (Å²) in [6, 6.07) is 7.77. The van der Waals surface area contributed by atoms with Crippen molar-refractivity contribution in [2.75, 3.05) is 39.8 Å². The molecule has 1 aromatic rings. The summed E-state index contributed by atoms with van der Waals surface area (Å²) < 4.78 is 5.13. The van der Waals surface area contributed by atoms with E-state index in [9.17, 15) is 9.59 Å². The van der Waals surface area contributed by atoms with Crippen LogP contribution in [-0.2, 0) is 16.0 Å². The van der Waals surface area contributed by atoms with E-state index >= 15 is 0 Å². The van der Waals surface area contributed by atoms with Crippen LogP contribution < -0.4 is 10.5 Å². The Morgan fingerprint density at radius 1 is 1.04 bits per heavy atom. The van der Waals surface area contributed by atoms with Crippen LogP contribution in [-0.4, -0.2) is 61.4 Å². The summed E-state index contributed by atoms with van der Waals surface area (Å²) in [5.74, 6) is 0.914. The van der Waals surface area contributed by atoms with Crippen LogP contribution in [0.5, 0.6) is 5.75 Å². The van der Waals surface area contributed by atoms with E-state index in [-0.39, 0.29) is 30.8 Å². The summed E-state index contributed by atoms with van der Waals surface area (Å²) in [5, 5.41) is 0. The van der Waals surface area contributed by atoms with Gasteiger partial charge in [-0.2, -0.15) is 0 Å². The highest BCUT2D eigenvalue weighted by Gasteiger charge is 2.20. The Hall–Kier alpha value is -1.79. The molecule has 1 heterocycles. The van der Waals surface area contributed by atoms with Crippen LogP contribution in [0, 0.1) is 0 Å². The lowest BCUT2D eigenvalue weighted by Crippen LogP contribution is -2.39. The van der Waals surface area contributed by atoms with Crippen LogP contribution in [0.3, 0.4) is 0 Å². The van der Waals surface area contributed by atoms with Crippen LogP contribution in [0.25, 0.3) is 0 Å². The van der Waals surface area contributed by atoms with Gasteiger partial charge >= 0.3 is 0 Å². The van der Waals surface area contributed by atoms with Gasteiger partial charge in [0.05, 0.1) is 13.7 Å². The van der Waals surface area contributed by atoms with Crippen molar-refractivity contribution >= 4 is 24.2 Å². The highest BCUT2D eigenvalue weighted by Crippen LogP contribution is 2.13. The molecule has 0 radical (unpaired) electrons. The molecule has 6 nitrogen and oxygen atoms in total. The molecule has 134 valence electrons. The Balaban J connectivity index is 0.00000288. The van der Waals surface area contributed by atoms with Crippen LogP contribution in [0.4, 0.5) is 0 Å². The number of hydrogen-bond acceptors (Lipinski definition) is 4. The summed E-state index contributed by atoms with van der Waals surface area (Å²) in [6.45, 7) is 2.58. The maximum Gasteiger partial charge on any atom is 0.236 e. The van der Waals surface area contributed by atoms with E-state index in [1.165, 1.54) is 0 Å². The zero-order valence-electron chi connectivity index (χ0n) is 14.1. The van der Waals surface area contributed by atoms with Gasteiger partial charge in [0.15, 0.2) is 0 Å². The molecule has 7 heteroatoms. The molecule has 1 aliphatic heterocycles. The van der Waals surface area contributed by atoms with Crippen LogP contribution in [0.15, 0.2) is 24.3 Å². The zero-order chi connectivity index (χ0) is 16.7. The topological polar surface area (TPSA) is 75.9 Å². The number of carbonyl (C=O) groups is 2. The van der Waals surface area contributed by atoms with E-state index in [2.05, 4.69) is 0 Å². The summed E-state index contributed by atoms with van der Waals surface area (Å²) in [5.41, 5.74) is 6.52. The van der Waals surface area contributed by atoms with Crippen molar-refractivity contribution < 1.29 is 14.3 Å². The van der Waals surface area contributed by atoms with E-state index in [0.717, 1.165) is 17.7 Å². The molecular formula is C17H26ClN3O3. The maximum atomic E-state index is 12.4. The summed E-state index contributed by atoms with van der Waals surface area (Å²) in [4.78, 5) is 27.6. The molecule has 1 aromatic carbocycles. The average molecular weight is 356 g/mol. The lowest BCUT2D eigenvalue weighted by molar-refractivity contribution is -0.132. The quantitative estimate of drug-likeness (QED) is 0.857. The van der Waals surface area contributed by atoms with Crippen molar-refractivity contribution in [1.82, 2.24) is 9.80 Å². The van der Waals surface area contributed by atoms with E-state index in [1.807, 2.05) is 29.2 Å². The molecule has 0 spiro atoms. The second kappa shape index (κ2) is 10.2. The Morgan fingerprint density at radius 2 is 1.62 bits per heavy atom. The molecular weight excluding hydrogens is 330 g/mol.